The molecule has 5 rings (SSSR count). The molecule has 0 spiro atoms. The van der Waals surface area contributed by atoms with Gasteiger partial charge in [0.15, 0.2) is 0 Å². The lowest BCUT2D eigenvalue weighted by atomic mass is 9.30. The van der Waals surface area contributed by atoms with E-state index in [-0.39, 0.29) is 11.5 Å². The summed E-state index contributed by atoms with van der Waals surface area (Å²) in [4.78, 5) is 0. The molecule has 1 heteroatoms. The van der Waals surface area contributed by atoms with Crippen molar-refractivity contribution in [1.29, 1.82) is 0 Å². The van der Waals surface area contributed by atoms with Crippen molar-refractivity contribution in [2.45, 2.75) is 133 Å². The molecule has 5 aliphatic carbocycles. The molecular weight excluding hydrogens is 412 g/mol. The van der Waals surface area contributed by atoms with Gasteiger partial charge in [-0.3, -0.25) is 0 Å². The molecule has 1 N–H and O–H groups in total. The lowest BCUT2D eigenvalue weighted by Gasteiger charge is -2.74. The maximum Gasteiger partial charge on any atom is 0.0630 e. The van der Waals surface area contributed by atoms with Gasteiger partial charge in [-0.1, -0.05) is 69.2 Å². The maximum atomic E-state index is 12.2. The van der Waals surface area contributed by atoms with Crippen LogP contribution in [0, 0.1) is 74.4 Å². The van der Waals surface area contributed by atoms with Crippen molar-refractivity contribution in [3.8, 4) is 0 Å². The van der Waals surface area contributed by atoms with E-state index in [1.807, 2.05) is 0 Å². The quantitative estimate of drug-likeness (QED) is 0.405. The molecule has 0 radical (unpaired) electrons. The van der Waals surface area contributed by atoms with E-state index in [2.05, 4.69) is 69.2 Å². The van der Waals surface area contributed by atoms with Crippen molar-refractivity contribution in [3.05, 3.63) is 0 Å². The van der Waals surface area contributed by atoms with E-state index < -0.39 is 0 Å². The Balaban J connectivity index is 1.57. The summed E-state index contributed by atoms with van der Waals surface area (Å²) < 4.78 is 0. The Morgan fingerprint density at radius 2 is 1.41 bits per heavy atom. The molecule has 0 aromatic carbocycles. The van der Waals surface area contributed by atoms with E-state index in [9.17, 15) is 5.11 Å². The third kappa shape index (κ3) is 3.07. The van der Waals surface area contributed by atoms with E-state index in [0.717, 1.165) is 23.7 Å². The van der Waals surface area contributed by atoms with Crippen molar-refractivity contribution in [3.63, 3.8) is 0 Å². The SMILES string of the molecule is CC(C)C1CC(C)(C)[C@@H]2CC[C@]3(C)[C@H](CC[C@@H]4[C@@H]5[C@@H](C)[C@H](C)CC[C@]5(C)CC[C@]43C)[C@@]2(C)C1O. The Hall–Kier alpha value is -0.0400. The minimum atomic E-state index is -0.141. The third-order valence-electron chi connectivity index (χ3n) is 14.8. The van der Waals surface area contributed by atoms with Crippen LogP contribution < -0.4 is 0 Å². The fourth-order valence-corrected chi connectivity index (χ4v) is 12.5. The largest absolute Gasteiger partial charge is 0.392 e. The minimum Gasteiger partial charge on any atom is -0.392 e. The van der Waals surface area contributed by atoms with Gasteiger partial charge in [-0.05, 0) is 127 Å². The van der Waals surface area contributed by atoms with E-state index in [1.165, 1.54) is 57.8 Å². The summed E-state index contributed by atoms with van der Waals surface area (Å²) in [6.07, 6.45) is 12.3. The summed E-state index contributed by atoms with van der Waals surface area (Å²) >= 11 is 0. The Morgan fingerprint density at radius 1 is 0.735 bits per heavy atom. The second-order valence-electron chi connectivity index (χ2n) is 16.6. The lowest BCUT2D eigenvalue weighted by Crippen LogP contribution is -2.70. The minimum absolute atomic E-state index is 0.0594. The zero-order valence-corrected chi connectivity index (χ0v) is 24.5. The predicted octanol–water partition coefficient (Wildman–Crippen LogP) is 8.99. The van der Waals surface area contributed by atoms with Crippen molar-refractivity contribution < 1.29 is 5.11 Å². The summed E-state index contributed by atoms with van der Waals surface area (Å²) in [5, 5.41) is 12.2. The molecule has 5 saturated carbocycles. The Kier molecular flexibility index (Phi) is 5.83. The molecule has 5 fully saturated rings. The van der Waals surface area contributed by atoms with Crippen LogP contribution in [0.25, 0.3) is 0 Å². The van der Waals surface area contributed by atoms with Crippen molar-refractivity contribution in [2.75, 3.05) is 0 Å². The van der Waals surface area contributed by atoms with Crippen LogP contribution in [0.5, 0.6) is 0 Å². The van der Waals surface area contributed by atoms with E-state index in [1.54, 1.807) is 0 Å². The number of fused-ring (bicyclic) bond motifs is 7. The molecule has 5 aliphatic rings. The fraction of sp³-hybridized carbons (Fsp3) is 1.00. The Bertz CT molecular complexity index is 798. The molecule has 0 bridgehead atoms. The molecule has 0 aromatic heterocycles. The van der Waals surface area contributed by atoms with Gasteiger partial charge in [-0.2, -0.15) is 0 Å². The molecule has 0 saturated heterocycles. The summed E-state index contributed by atoms with van der Waals surface area (Å²) in [5.41, 5.74) is 1.74. The molecule has 2 unspecified atom stereocenters. The second-order valence-corrected chi connectivity index (χ2v) is 16.6. The molecule has 196 valence electrons. The number of aliphatic hydroxyl groups is 1. The average Bonchev–Trinajstić information content (AvgIpc) is 2.74. The lowest BCUT2D eigenvalue weighted by molar-refractivity contribution is -0.278. The monoisotopic (exact) mass is 470 g/mol. The highest BCUT2D eigenvalue weighted by Gasteiger charge is 2.71. The molecule has 0 amide bonds. The van der Waals surface area contributed by atoms with Gasteiger partial charge in [0.2, 0.25) is 0 Å². The molecule has 0 aliphatic heterocycles. The standard InChI is InChI=1S/C33H58O/c1-20(2)23-19-29(5,6)25-14-16-32(9)26(33(25,10)28(23)34)12-11-24-27-22(4)21(3)13-15-30(27,7)17-18-31(24,32)8/h20-28,34H,11-19H2,1-10H3/t21-,22+,23?,24-,25+,26+,27+,28?,30-,31-,32-,33+/m1/s1. The molecule has 0 heterocycles. The zero-order chi connectivity index (χ0) is 25.1. The van der Waals surface area contributed by atoms with Gasteiger partial charge in [0, 0.05) is 5.41 Å². The predicted molar refractivity (Wildman–Crippen MR) is 144 cm³/mol. The van der Waals surface area contributed by atoms with E-state index in [4.69, 9.17) is 0 Å². The summed E-state index contributed by atoms with van der Waals surface area (Å²) in [6, 6.07) is 0. The maximum absolute atomic E-state index is 12.2. The highest BCUT2D eigenvalue weighted by Crippen LogP contribution is 2.77. The van der Waals surface area contributed by atoms with Gasteiger partial charge in [0.1, 0.15) is 0 Å². The van der Waals surface area contributed by atoms with Gasteiger partial charge in [0.05, 0.1) is 6.10 Å². The van der Waals surface area contributed by atoms with Gasteiger partial charge in [-0.15, -0.1) is 0 Å². The van der Waals surface area contributed by atoms with Gasteiger partial charge < -0.3 is 5.11 Å². The first-order valence-corrected chi connectivity index (χ1v) is 15.3. The van der Waals surface area contributed by atoms with Gasteiger partial charge >= 0.3 is 0 Å². The van der Waals surface area contributed by atoms with Gasteiger partial charge in [0.25, 0.3) is 0 Å². The summed E-state index contributed by atoms with van der Waals surface area (Å²) in [7, 11) is 0. The van der Waals surface area contributed by atoms with Crippen LogP contribution in [0.15, 0.2) is 0 Å². The smallest absolute Gasteiger partial charge is 0.0630 e. The second kappa shape index (κ2) is 7.74. The Labute approximate surface area is 212 Å². The zero-order valence-electron chi connectivity index (χ0n) is 24.5. The molecular formula is C33H58O. The normalized spacial score (nSPS) is 58.9. The van der Waals surface area contributed by atoms with Crippen molar-refractivity contribution >= 4 is 0 Å². The summed E-state index contributed by atoms with van der Waals surface area (Å²) in [5.74, 6) is 5.84. The number of rotatable bonds is 1. The van der Waals surface area contributed by atoms with E-state index >= 15 is 0 Å². The van der Waals surface area contributed by atoms with Gasteiger partial charge in [-0.25, -0.2) is 0 Å². The van der Waals surface area contributed by atoms with Crippen LogP contribution in [0.1, 0.15) is 127 Å². The van der Waals surface area contributed by atoms with Crippen LogP contribution in [-0.2, 0) is 0 Å². The number of aliphatic hydroxyl groups excluding tert-OH is 1. The van der Waals surface area contributed by atoms with Crippen molar-refractivity contribution in [2.24, 2.45) is 74.4 Å². The molecule has 12 atom stereocenters. The van der Waals surface area contributed by atoms with Crippen LogP contribution in [0.3, 0.4) is 0 Å². The Morgan fingerprint density at radius 3 is 2.06 bits per heavy atom. The van der Waals surface area contributed by atoms with Crippen molar-refractivity contribution in [1.82, 2.24) is 0 Å². The fourth-order valence-electron chi connectivity index (χ4n) is 12.5. The van der Waals surface area contributed by atoms with Crippen LogP contribution in [0.4, 0.5) is 0 Å². The molecule has 0 aromatic rings. The van der Waals surface area contributed by atoms with Crippen LogP contribution in [0.2, 0.25) is 0 Å². The molecule has 1 nitrogen and oxygen atoms in total. The first-order chi connectivity index (χ1) is 15.6. The van der Waals surface area contributed by atoms with E-state index in [0.29, 0.717) is 45.3 Å². The number of hydrogen-bond acceptors (Lipinski definition) is 1. The highest BCUT2D eigenvalue weighted by atomic mass is 16.3. The highest BCUT2D eigenvalue weighted by molar-refractivity contribution is 5.20. The average molecular weight is 471 g/mol. The van der Waals surface area contributed by atoms with Crippen LogP contribution >= 0.6 is 0 Å². The first-order valence-electron chi connectivity index (χ1n) is 15.3. The summed E-state index contributed by atoms with van der Waals surface area (Å²) in [6.45, 7) is 25.7. The first kappa shape index (κ1) is 25.6. The third-order valence-corrected chi connectivity index (χ3v) is 14.8. The van der Waals surface area contributed by atoms with Crippen LogP contribution in [-0.4, -0.2) is 11.2 Å². The molecule has 34 heavy (non-hydrogen) atoms. The number of hydrogen-bond donors (Lipinski definition) is 1. The topological polar surface area (TPSA) is 20.2 Å².